The second kappa shape index (κ2) is 4.47. The molecule has 4 unspecified atom stereocenters. The summed E-state index contributed by atoms with van der Waals surface area (Å²) in [4.78, 5) is 12.1. The number of rotatable bonds is 3. The lowest BCUT2D eigenvalue weighted by molar-refractivity contribution is -0.157. The van der Waals surface area contributed by atoms with Crippen molar-refractivity contribution < 1.29 is 9.53 Å². The average molecular weight is 265 g/mol. The molecular formula is C16H27NO2. The maximum absolute atomic E-state index is 12.1. The molecule has 19 heavy (non-hydrogen) atoms. The fourth-order valence-corrected chi connectivity index (χ4v) is 4.64. The molecule has 3 aliphatic rings. The van der Waals surface area contributed by atoms with Crippen LogP contribution in [0.2, 0.25) is 0 Å². The Morgan fingerprint density at radius 2 is 2.11 bits per heavy atom. The third kappa shape index (κ3) is 2.01. The van der Waals surface area contributed by atoms with Crippen LogP contribution in [0.5, 0.6) is 0 Å². The van der Waals surface area contributed by atoms with Gasteiger partial charge in [-0.1, -0.05) is 20.8 Å². The number of nitrogens with one attached hydrogen (secondary N) is 1. The molecule has 2 saturated carbocycles. The first kappa shape index (κ1) is 13.4. The predicted octanol–water partition coefficient (Wildman–Crippen LogP) is 2.74. The fourth-order valence-electron chi connectivity index (χ4n) is 4.64. The molecule has 0 aromatic heterocycles. The standard InChI is InChI=1S/C16H27NO2/c1-15(2)12-4-6-16(15,3)13(9-12)19-14(18)8-11-5-7-17-10-11/h11-13,17H,4-10H2,1-3H3. The number of carbonyl (C=O) groups excluding carboxylic acids is 1. The van der Waals surface area contributed by atoms with Crippen LogP contribution in [0.1, 0.15) is 52.9 Å². The van der Waals surface area contributed by atoms with Gasteiger partial charge in [-0.3, -0.25) is 4.79 Å². The maximum atomic E-state index is 12.1. The Hall–Kier alpha value is -0.570. The number of hydrogen-bond donors (Lipinski definition) is 1. The maximum Gasteiger partial charge on any atom is 0.306 e. The van der Waals surface area contributed by atoms with Gasteiger partial charge < -0.3 is 10.1 Å². The van der Waals surface area contributed by atoms with Crippen LogP contribution in [0.4, 0.5) is 0 Å². The first-order chi connectivity index (χ1) is 8.93. The minimum Gasteiger partial charge on any atom is -0.462 e. The molecule has 1 N–H and O–H groups in total. The van der Waals surface area contributed by atoms with Crippen molar-refractivity contribution in [2.75, 3.05) is 13.1 Å². The van der Waals surface area contributed by atoms with Crippen LogP contribution in [0.15, 0.2) is 0 Å². The number of esters is 1. The van der Waals surface area contributed by atoms with Crippen LogP contribution in [-0.2, 0) is 9.53 Å². The topological polar surface area (TPSA) is 38.3 Å². The highest BCUT2D eigenvalue weighted by Crippen LogP contribution is 2.66. The van der Waals surface area contributed by atoms with Crippen molar-refractivity contribution in [1.82, 2.24) is 5.32 Å². The Morgan fingerprint density at radius 3 is 2.63 bits per heavy atom. The lowest BCUT2D eigenvalue weighted by Crippen LogP contribution is -2.38. The summed E-state index contributed by atoms with van der Waals surface area (Å²) in [5.74, 6) is 1.26. The van der Waals surface area contributed by atoms with E-state index in [2.05, 4.69) is 26.1 Å². The molecule has 0 aromatic rings. The lowest BCUT2D eigenvalue weighted by Gasteiger charge is -2.38. The van der Waals surface area contributed by atoms with Crippen molar-refractivity contribution in [2.45, 2.75) is 59.0 Å². The van der Waals surface area contributed by atoms with E-state index in [9.17, 15) is 4.79 Å². The Labute approximate surface area is 116 Å². The van der Waals surface area contributed by atoms with E-state index in [0.29, 0.717) is 17.8 Å². The molecule has 1 saturated heterocycles. The van der Waals surface area contributed by atoms with E-state index < -0.39 is 0 Å². The van der Waals surface area contributed by atoms with E-state index >= 15 is 0 Å². The van der Waals surface area contributed by atoms with Gasteiger partial charge >= 0.3 is 5.97 Å². The van der Waals surface area contributed by atoms with Crippen LogP contribution < -0.4 is 5.32 Å². The summed E-state index contributed by atoms with van der Waals surface area (Å²) >= 11 is 0. The van der Waals surface area contributed by atoms with E-state index in [1.165, 1.54) is 12.8 Å². The first-order valence-electron chi connectivity index (χ1n) is 7.84. The van der Waals surface area contributed by atoms with Gasteiger partial charge in [0.05, 0.1) is 0 Å². The molecule has 1 aliphatic heterocycles. The van der Waals surface area contributed by atoms with E-state index in [-0.39, 0.29) is 17.5 Å². The van der Waals surface area contributed by atoms with Gasteiger partial charge in [0, 0.05) is 11.8 Å². The predicted molar refractivity (Wildman–Crippen MR) is 74.7 cm³/mol. The molecule has 2 aliphatic carbocycles. The molecule has 1 heterocycles. The molecule has 3 nitrogen and oxygen atoms in total. The minimum absolute atomic E-state index is 0.0308. The third-order valence-corrected chi connectivity index (χ3v) is 6.61. The van der Waals surface area contributed by atoms with E-state index in [4.69, 9.17) is 4.74 Å². The van der Waals surface area contributed by atoms with E-state index in [1.54, 1.807) is 0 Å². The van der Waals surface area contributed by atoms with Gasteiger partial charge in [-0.2, -0.15) is 0 Å². The van der Waals surface area contributed by atoms with Crippen LogP contribution in [0, 0.1) is 22.7 Å². The molecule has 0 aromatic carbocycles. The van der Waals surface area contributed by atoms with Crippen LogP contribution >= 0.6 is 0 Å². The molecule has 3 fully saturated rings. The minimum atomic E-state index is 0.0308. The van der Waals surface area contributed by atoms with Crippen molar-refractivity contribution in [3.63, 3.8) is 0 Å². The Kier molecular flexibility index (Phi) is 3.16. The van der Waals surface area contributed by atoms with E-state index in [0.717, 1.165) is 31.8 Å². The summed E-state index contributed by atoms with van der Waals surface area (Å²) in [5.41, 5.74) is 0.522. The van der Waals surface area contributed by atoms with Crippen molar-refractivity contribution in [1.29, 1.82) is 0 Å². The number of carbonyl (C=O) groups is 1. The molecule has 3 rings (SSSR count). The molecule has 0 amide bonds. The SMILES string of the molecule is CC1(C)C2CCC1(C)C(OC(=O)CC1CCNC1)C2. The summed E-state index contributed by atoms with van der Waals surface area (Å²) in [6.07, 6.45) is 5.48. The van der Waals surface area contributed by atoms with Crippen LogP contribution in [-0.4, -0.2) is 25.2 Å². The molecule has 4 atom stereocenters. The molecular weight excluding hydrogens is 238 g/mol. The lowest BCUT2D eigenvalue weighted by atomic mass is 9.70. The Balaban J connectivity index is 1.60. The highest BCUT2D eigenvalue weighted by Gasteiger charge is 2.62. The van der Waals surface area contributed by atoms with Gasteiger partial charge in [-0.05, 0) is 56.0 Å². The second-order valence-electron chi connectivity index (χ2n) is 7.65. The Bertz CT molecular complexity index is 373. The van der Waals surface area contributed by atoms with Gasteiger partial charge in [-0.25, -0.2) is 0 Å². The largest absolute Gasteiger partial charge is 0.462 e. The third-order valence-electron chi connectivity index (χ3n) is 6.61. The zero-order valence-electron chi connectivity index (χ0n) is 12.5. The Morgan fingerprint density at radius 1 is 1.32 bits per heavy atom. The molecule has 108 valence electrons. The van der Waals surface area contributed by atoms with E-state index in [1.807, 2.05) is 0 Å². The smallest absolute Gasteiger partial charge is 0.306 e. The molecule has 2 bridgehead atoms. The second-order valence-corrected chi connectivity index (χ2v) is 7.65. The summed E-state index contributed by atoms with van der Waals surface area (Å²) in [6, 6.07) is 0. The zero-order valence-corrected chi connectivity index (χ0v) is 12.5. The van der Waals surface area contributed by atoms with Crippen molar-refractivity contribution in [2.24, 2.45) is 22.7 Å². The monoisotopic (exact) mass is 265 g/mol. The summed E-state index contributed by atoms with van der Waals surface area (Å²) in [7, 11) is 0. The van der Waals surface area contributed by atoms with Crippen LogP contribution in [0.25, 0.3) is 0 Å². The van der Waals surface area contributed by atoms with Crippen molar-refractivity contribution in [3.8, 4) is 0 Å². The number of fused-ring (bicyclic) bond motifs is 2. The van der Waals surface area contributed by atoms with Crippen molar-refractivity contribution >= 4 is 5.97 Å². The zero-order chi connectivity index (χ0) is 13.7. The summed E-state index contributed by atoms with van der Waals surface area (Å²) in [6.45, 7) is 9.08. The van der Waals surface area contributed by atoms with Gasteiger partial charge in [0.25, 0.3) is 0 Å². The van der Waals surface area contributed by atoms with Crippen LogP contribution in [0.3, 0.4) is 0 Å². The molecule has 3 heteroatoms. The molecule has 0 spiro atoms. The fraction of sp³-hybridized carbons (Fsp3) is 0.938. The normalized spacial score (nSPS) is 43.6. The highest BCUT2D eigenvalue weighted by atomic mass is 16.5. The number of hydrogen-bond acceptors (Lipinski definition) is 3. The van der Waals surface area contributed by atoms with Gasteiger partial charge in [0.2, 0.25) is 0 Å². The van der Waals surface area contributed by atoms with Gasteiger partial charge in [-0.15, -0.1) is 0 Å². The first-order valence-corrected chi connectivity index (χ1v) is 7.84. The molecule has 0 radical (unpaired) electrons. The van der Waals surface area contributed by atoms with Crippen molar-refractivity contribution in [3.05, 3.63) is 0 Å². The summed E-state index contributed by atoms with van der Waals surface area (Å²) < 4.78 is 5.88. The number of ether oxygens (including phenoxy) is 1. The average Bonchev–Trinajstić information content (AvgIpc) is 2.95. The summed E-state index contributed by atoms with van der Waals surface area (Å²) in [5, 5.41) is 3.31. The van der Waals surface area contributed by atoms with Gasteiger partial charge in [0.15, 0.2) is 0 Å². The van der Waals surface area contributed by atoms with Gasteiger partial charge in [0.1, 0.15) is 6.10 Å². The quantitative estimate of drug-likeness (QED) is 0.797. The highest BCUT2D eigenvalue weighted by molar-refractivity contribution is 5.70.